The molecule has 0 amide bonds. The molecule has 0 aliphatic heterocycles. The molecule has 1 rings (SSSR count). The number of ether oxygens (including phenoxy) is 3. The molecule has 0 bridgehead atoms. The van der Waals surface area contributed by atoms with E-state index < -0.39 is 0 Å². The zero-order valence-corrected chi connectivity index (χ0v) is 9.53. The molecule has 1 aromatic rings. The predicted octanol–water partition coefficient (Wildman–Crippen LogP) is 1.98. The zero-order valence-electron chi connectivity index (χ0n) is 9.53. The van der Waals surface area contributed by atoms with Crippen molar-refractivity contribution in [3.05, 3.63) is 23.8 Å². The molecule has 0 spiro atoms. The average molecular weight is 221 g/mol. The molecule has 1 aromatic carbocycles. The lowest BCUT2D eigenvalue weighted by Crippen LogP contribution is -2.07. The van der Waals surface area contributed by atoms with Crippen LogP contribution in [0.4, 0.5) is 0 Å². The third-order valence-corrected chi connectivity index (χ3v) is 2.00. The van der Waals surface area contributed by atoms with E-state index >= 15 is 0 Å². The van der Waals surface area contributed by atoms with Crippen molar-refractivity contribution in [2.75, 3.05) is 26.9 Å². The third-order valence-electron chi connectivity index (χ3n) is 2.00. The van der Waals surface area contributed by atoms with E-state index in [-0.39, 0.29) is 0 Å². The third kappa shape index (κ3) is 3.44. The Labute approximate surface area is 95.4 Å². The van der Waals surface area contributed by atoms with E-state index in [1.54, 1.807) is 25.3 Å². The van der Waals surface area contributed by atoms with Gasteiger partial charge in [-0.05, 0) is 19.1 Å². The van der Waals surface area contributed by atoms with Crippen molar-refractivity contribution in [1.82, 2.24) is 0 Å². The second-order valence-electron chi connectivity index (χ2n) is 3.02. The van der Waals surface area contributed by atoms with E-state index in [4.69, 9.17) is 19.5 Å². The maximum Gasteiger partial charge on any atom is 0.140 e. The smallest absolute Gasteiger partial charge is 0.140 e. The van der Waals surface area contributed by atoms with Crippen LogP contribution >= 0.6 is 0 Å². The van der Waals surface area contributed by atoms with Gasteiger partial charge in [0.2, 0.25) is 0 Å². The number of hydrogen-bond donors (Lipinski definition) is 0. The molecule has 0 atom stereocenters. The minimum atomic E-state index is 0.426. The first kappa shape index (κ1) is 12.3. The van der Waals surface area contributed by atoms with Crippen LogP contribution in [0.15, 0.2) is 18.2 Å². The van der Waals surface area contributed by atoms with Gasteiger partial charge in [0, 0.05) is 12.7 Å². The molecular formula is C12H15NO3. The SMILES string of the molecule is CCOCCOc1cc(OC)ccc1C#N. The number of nitrogens with zero attached hydrogens (tertiary/aromatic N) is 1. The van der Waals surface area contributed by atoms with Gasteiger partial charge in [0.25, 0.3) is 0 Å². The van der Waals surface area contributed by atoms with E-state index in [0.717, 1.165) is 0 Å². The Morgan fingerprint density at radius 2 is 2.12 bits per heavy atom. The van der Waals surface area contributed by atoms with Crippen molar-refractivity contribution in [1.29, 1.82) is 5.26 Å². The fraction of sp³-hybridized carbons (Fsp3) is 0.417. The van der Waals surface area contributed by atoms with Crippen LogP contribution in [0.25, 0.3) is 0 Å². The molecule has 86 valence electrons. The number of methoxy groups -OCH3 is 1. The van der Waals surface area contributed by atoms with Gasteiger partial charge in [0.15, 0.2) is 0 Å². The molecule has 4 heteroatoms. The van der Waals surface area contributed by atoms with Gasteiger partial charge in [-0.1, -0.05) is 0 Å². The second-order valence-corrected chi connectivity index (χ2v) is 3.02. The Balaban J connectivity index is 2.65. The maximum atomic E-state index is 8.88. The Morgan fingerprint density at radius 3 is 2.75 bits per heavy atom. The lowest BCUT2D eigenvalue weighted by Gasteiger charge is -2.09. The molecule has 0 aromatic heterocycles. The molecule has 16 heavy (non-hydrogen) atoms. The van der Waals surface area contributed by atoms with E-state index in [2.05, 4.69) is 6.07 Å². The molecule has 0 N–H and O–H groups in total. The standard InChI is InChI=1S/C12H15NO3/c1-3-15-6-7-16-12-8-11(14-2)5-4-10(12)9-13/h4-5,8H,3,6-7H2,1-2H3. The van der Waals surface area contributed by atoms with Crippen LogP contribution in [-0.4, -0.2) is 26.9 Å². The Kier molecular flexibility index (Phi) is 5.17. The quantitative estimate of drug-likeness (QED) is 0.689. The summed E-state index contributed by atoms with van der Waals surface area (Å²) in [7, 11) is 1.57. The van der Waals surface area contributed by atoms with E-state index in [0.29, 0.717) is 36.9 Å². The molecule has 0 unspecified atom stereocenters. The van der Waals surface area contributed by atoms with Gasteiger partial charge in [-0.15, -0.1) is 0 Å². The number of nitriles is 1. The molecule has 0 aliphatic rings. The topological polar surface area (TPSA) is 51.5 Å². The molecule has 0 fully saturated rings. The summed E-state index contributed by atoms with van der Waals surface area (Å²) in [4.78, 5) is 0. The van der Waals surface area contributed by atoms with Gasteiger partial charge >= 0.3 is 0 Å². The van der Waals surface area contributed by atoms with Crippen LogP contribution < -0.4 is 9.47 Å². The summed E-state index contributed by atoms with van der Waals surface area (Å²) in [6.07, 6.45) is 0. The Hall–Kier alpha value is -1.73. The van der Waals surface area contributed by atoms with Crippen molar-refractivity contribution in [2.24, 2.45) is 0 Å². The normalized spacial score (nSPS) is 9.56. The van der Waals surface area contributed by atoms with Crippen molar-refractivity contribution >= 4 is 0 Å². The molecule has 0 heterocycles. The molecule has 0 radical (unpaired) electrons. The summed E-state index contributed by atoms with van der Waals surface area (Å²) in [6.45, 7) is 3.52. The summed E-state index contributed by atoms with van der Waals surface area (Å²) in [5.74, 6) is 1.20. The van der Waals surface area contributed by atoms with Gasteiger partial charge in [0.1, 0.15) is 24.2 Å². The lowest BCUT2D eigenvalue weighted by molar-refractivity contribution is 0.110. The molecule has 0 saturated heterocycles. The van der Waals surface area contributed by atoms with Crippen LogP contribution in [-0.2, 0) is 4.74 Å². The molecule has 0 aliphatic carbocycles. The lowest BCUT2D eigenvalue weighted by atomic mass is 10.2. The fourth-order valence-electron chi connectivity index (χ4n) is 1.20. The fourth-order valence-corrected chi connectivity index (χ4v) is 1.20. The number of hydrogen-bond acceptors (Lipinski definition) is 4. The van der Waals surface area contributed by atoms with Crippen LogP contribution in [0.2, 0.25) is 0 Å². The first-order valence-electron chi connectivity index (χ1n) is 5.10. The van der Waals surface area contributed by atoms with Crippen molar-refractivity contribution in [3.63, 3.8) is 0 Å². The highest BCUT2D eigenvalue weighted by molar-refractivity contribution is 5.47. The van der Waals surface area contributed by atoms with Crippen molar-refractivity contribution in [3.8, 4) is 17.6 Å². The molecule has 0 saturated carbocycles. The van der Waals surface area contributed by atoms with Crippen molar-refractivity contribution < 1.29 is 14.2 Å². The van der Waals surface area contributed by atoms with Gasteiger partial charge in [-0.2, -0.15) is 5.26 Å². The van der Waals surface area contributed by atoms with Crippen LogP contribution in [0, 0.1) is 11.3 Å². The van der Waals surface area contributed by atoms with Crippen LogP contribution in [0.5, 0.6) is 11.5 Å². The second kappa shape index (κ2) is 6.70. The highest BCUT2D eigenvalue weighted by Gasteiger charge is 2.04. The van der Waals surface area contributed by atoms with Gasteiger partial charge in [0.05, 0.1) is 19.3 Å². The van der Waals surface area contributed by atoms with E-state index in [1.807, 2.05) is 6.92 Å². The summed E-state index contributed by atoms with van der Waals surface area (Å²) in [5, 5.41) is 8.88. The summed E-state index contributed by atoms with van der Waals surface area (Å²) >= 11 is 0. The zero-order chi connectivity index (χ0) is 11.8. The monoisotopic (exact) mass is 221 g/mol. The highest BCUT2D eigenvalue weighted by Crippen LogP contribution is 2.23. The summed E-state index contributed by atoms with van der Waals surface area (Å²) in [5.41, 5.74) is 0.497. The first-order chi connectivity index (χ1) is 7.81. The number of benzene rings is 1. The first-order valence-corrected chi connectivity index (χ1v) is 5.10. The summed E-state index contributed by atoms with van der Waals surface area (Å²) < 4.78 is 15.7. The van der Waals surface area contributed by atoms with E-state index in [1.165, 1.54) is 0 Å². The number of rotatable bonds is 6. The van der Waals surface area contributed by atoms with Gasteiger partial charge in [-0.25, -0.2) is 0 Å². The summed E-state index contributed by atoms with van der Waals surface area (Å²) in [6, 6.07) is 7.17. The Morgan fingerprint density at radius 1 is 1.31 bits per heavy atom. The van der Waals surface area contributed by atoms with Gasteiger partial charge < -0.3 is 14.2 Å². The van der Waals surface area contributed by atoms with Crippen LogP contribution in [0.3, 0.4) is 0 Å². The average Bonchev–Trinajstić information content (AvgIpc) is 2.34. The highest BCUT2D eigenvalue weighted by atomic mass is 16.5. The minimum absolute atomic E-state index is 0.426. The minimum Gasteiger partial charge on any atom is -0.497 e. The Bertz CT molecular complexity index is 371. The van der Waals surface area contributed by atoms with Crippen molar-refractivity contribution in [2.45, 2.75) is 6.92 Å². The molecule has 4 nitrogen and oxygen atoms in total. The predicted molar refractivity (Wildman–Crippen MR) is 59.7 cm³/mol. The largest absolute Gasteiger partial charge is 0.497 e. The van der Waals surface area contributed by atoms with Crippen LogP contribution in [0.1, 0.15) is 12.5 Å². The molecular weight excluding hydrogens is 206 g/mol. The maximum absolute atomic E-state index is 8.88. The van der Waals surface area contributed by atoms with E-state index in [9.17, 15) is 0 Å². The van der Waals surface area contributed by atoms with Gasteiger partial charge in [-0.3, -0.25) is 0 Å².